The molecule has 0 fully saturated rings. The van der Waals surface area contributed by atoms with Gasteiger partial charge in [0.05, 0.1) is 6.20 Å². The molecule has 2 heteroatoms. The van der Waals surface area contributed by atoms with Gasteiger partial charge in [-0.2, -0.15) is 0 Å². The lowest BCUT2D eigenvalue weighted by Gasteiger charge is -1.79. The van der Waals surface area contributed by atoms with E-state index < -0.39 is 0 Å². The summed E-state index contributed by atoms with van der Waals surface area (Å²) in [6, 6.07) is 0. The third-order valence-electron chi connectivity index (χ3n) is 0.758. The van der Waals surface area contributed by atoms with Crippen LogP contribution in [-0.2, 0) is 0 Å². The molecular formula is C8H12N2. The van der Waals surface area contributed by atoms with Crippen LogP contribution in [0.1, 0.15) is 20.8 Å². The van der Waals surface area contributed by atoms with Crippen LogP contribution >= 0.6 is 0 Å². The first kappa shape index (κ1) is 8.86. The summed E-state index contributed by atoms with van der Waals surface area (Å²) in [6.07, 6.45) is 4.99. The predicted octanol–water partition coefficient (Wildman–Crippen LogP) is 2.18. The first-order valence-electron chi connectivity index (χ1n) is 3.37. The second-order valence-corrected chi connectivity index (χ2v) is 1.42. The molecule has 1 rings (SSSR count). The molecule has 0 aliphatic carbocycles. The summed E-state index contributed by atoms with van der Waals surface area (Å²) in [5.41, 5.74) is 2.79. The second kappa shape index (κ2) is 5.99. The maximum absolute atomic E-state index is 3.90. The Balaban J connectivity index is 0.000000371. The van der Waals surface area contributed by atoms with Gasteiger partial charge in [-0.25, -0.2) is 9.98 Å². The number of allylic oxidation sites excluding steroid dienone is 1. The fourth-order valence-electron chi connectivity index (χ4n) is 0.395. The lowest BCUT2D eigenvalue weighted by molar-refractivity contribution is 1.48. The normalized spacial score (nSPS) is 13.3. The molecule has 1 aliphatic rings. The highest BCUT2D eigenvalue weighted by Gasteiger charge is 1.79. The second-order valence-electron chi connectivity index (χ2n) is 1.42. The van der Waals surface area contributed by atoms with Crippen LogP contribution in [0.4, 0.5) is 0 Å². The maximum atomic E-state index is 3.90. The molecule has 0 saturated carbocycles. The van der Waals surface area contributed by atoms with Gasteiger partial charge in [0.15, 0.2) is 0 Å². The largest absolute Gasteiger partial charge is 0.241 e. The van der Waals surface area contributed by atoms with Gasteiger partial charge in [-0.05, 0) is 6.92 Å². The van der Waals surface area contributed by atoms with E-state index in [9.17, 15) is 0 Å². The molecule has 0 aromatic rings. The van der Waals surface area contributed by atoms with Crippen LogP contribution in [0.15, 0.2) is 28.0 Å². The molecule has 10 heavy (non-hydrogen) atoms. The van der Waals surface area contributed by atoms with Gasteiger partial charge in [-0.3, -0.25) is 0 Å². The van der Waals surface area contributed by atoms with Crippen LogP contribution in [-0.4, -0.2) is 12.1 Å². The average Bonchev–Trinajstić information content (AvgIpc) is 2.21. The van der Waals surface area contributed by atoms with Crippen molar-refractivity contribution in [2.75, 3.05) is 0 Å². The van der Waals surface area contributed by atoms with E-state index >= 15 is 0 Å². The van der Waals surface area contributed by atoms with Crippen molar-refractivity contribution in [2.45, 2.75) is 20.8 Å². The Hall–Kier alpha value is -1.14. The minimum atomic E-state index is 0.770. The molecular weight excluding hydrogens is 124 g/mol. The molecule has 0 amide bonds. The lowest BCUT2D eigenvalue weighted by Crippen LogP contribution is -1.80. The zero-order valence-electron chi connectivity index (χ0n) is 6.63. The highest BCUT2D eigenvalue weighted by molar-refractivity contribution is 5.91. The van der Waals surface area contributed by atoms with Gasteiger partial charge < -0.3 is 0 Å². The smallest absolute Gasteiger partial charge is 0.125 e. The average molecular weight is 136 g/mol. The number of hydrogen-bond donors (Lipinski definition) is 0. The highest BCUT2D eigenvalue weighted by atomic mass is 14.9. The first-order valence-corrected chi connectivity index (χ1v) is 3.37. The van der Waals surface area contributed by atoms with Gasteiger partial charge in [0.1, 0.15) is 5.84 Å². The van der Waals surface area contributed by atoms with Crippen molar-refractivity contribution in [3.63, 3.8) is 0 Å². The first-order chi connectivity index (χ1) is 4.89. The predicted molar refractivity (Wildman–Crippen MR) is 45.6 cm³/mol. The molecule has 1 heterocycles. The van der Waals surface area contributed by atoms with Gasteiger partial charge in [-0.15, -0.1) is 0 Å². The highest BCUT2D eigenvalue weighted by Crippen LogP contribution is 1.83. The maximum Gasteiger partial charge on any atom is 0.125 e. The topological polar surface area (TPSA) is 24.7 Å². The zero-order valence-corrected chi connectivity index (χ0v) is 6.63. The zero-order chi connectivity index (χ0) is 7.82. The number of rotatable bonds is 0. The van der Waals surface area contributed by atoms with E-state index in [4.69, 9.17) is 0 Å². The van der Waals surface area contributed by atoms with Gasteiger partial charge in [0, 0.05) is 12.3 Å². The van der Waals surface area contributed by atoms with Crippen molar-refractivity contribution >= 4 is 12.1 Å². The molecule has 0 saturated heterocycles. The summed E-state index contributed by atoms with van der Waals surface area (Å²) in [4.78, 5) is 7.77. The lowest BCUT2D eigenvalue weighted by atomic mass is 10.6. The Bertz CT molecular complexity index is 193. The van der Waals surface area contributed by atoms with Crippen LogP contribution < -0.4 is 0 Å². The van der Waals surface area contributed by atoms with Gasteiger partial charge in [-0.1, -0.05) is 19.6 Å². The van der Waals surface area contributed by atoms with E-state index in [-0.39, 0.29) is 0 Å². The summed E-state index contributed by atoms with van der Waals surface area (Å²) < 4.78 is 0. The summed E-state index contributed by atoms with van der Waals surface area (Å²) >= 11 is 0. The quantitative estimate of drug-likeness (QED) is 0.456. The van der Waals surface area contributed by atoms with Gasteiger partial charge >= 0.3 is 0 Å². The monoisotopic (exact) mass is 136 g/mol. The Morgan fingerprint density at radius 1 is 1.40 bits per heavy atom. The Labute approximate surface area is 61.7 Å². The number of nitrogens with zero attached hydrogens (tertiary/aromatic N) is 2. The molecule has 0 radical (unpaired) electrons. The van der Waals surface area contributed by atoms with Crippen molar-refractivity contribution in [1.82, 2.24) is 0 Å². The number of aliphatic imine (C=N–C) groups is 2. The molecule has 0 bridgehead atoms. The van der Waals surface area contributed by atoms with Crippen molar-refractivity contribution in [2.24, 2.45) is 9.98 Å². The molecule has 0 spiro atoms. The Kier molecular flexibility index (Phi) is 5.30. The fourth-order valence-corrected chi connectivity index (χ4v) is 0.395. The molecule has 0 aromatic carbocycles. The summed E-state index contributed by atoms with van der Waals surface area (Å²) in [6.45, 7) is 5.84. The summed E-state index contributed by atoms with van der Waals surface area (Å²) in [7, 11) is 0. The third kappa shape index (κ3) is 3.81. The van der Waals surface area contributed by atoms with E-state index in [1.165, 1.54) is 0 Å². The molecule has 0 atom stereocenters. The van der Waals surface area contributed by atoms with Crippen molar-refractivity contribution in [1.29, 1.82) is 0 Å². The minimum Gasteiger partial charge on any atom is -0.241 e. The number of amidine groups is 1. The van der Waals surface area contributed by atoms with E-state index in [0.717, 1.165) is 5.84 Å². The van der Waals surface area contributed by atoms with E-state index in [2.05, 4.69) is 15.7 Å². The van der Waals surface area contributed by atoms with Crippen molar-refractivity contribution < 1.29 is 0 Å². The Morgan fingerprint density at radius 2 is 2.10 bits per heavy atom. The fraction of sp³-hybridized carbons (Fsp3) is 0.375. The standard InChI is InChI=1S/C6H6N2.C2H6/c1-6-7-4-2-3-5-8-6;1-2/h2,4-5H,1H3;1-2H3. The van der Waals surface area contributed by atoms with Crippen LogP contribution in [0.3, 0.4) is 0 Å². The molecule has 0 aromatic heterocycles. The summed E-state index contributed by atoms with van der Waals surface area (Å²) in [5.74, 6) is 0.770. The molecule has 2 nitrogen and oxygen atoms in total. The van der Waals surface area contributed by atoms with Gasteiger partial charge in [0.25, 0.3) is 0 Å². The molecule has 0 unspecified atom stereocenters. The van der Waals surface area contributed by atoms with Crippen molar-refractivity contribution in [3.05, 3.63) is 18.0 Å². The van der Waals surface area contributed by atoms with Gasteiger partial charge in [0.2, 0.25) is 0 Å². The van der Waals surface area contributed by atoms with Crippen LogP contribution in [0.2, 0.25) is 0 Å². The molecule has 0 N–H and O–H groups in total. The van der Waals surface area contributed by atoms with Crippen LogP contribution in [0, 0.1) is 0 Å². The van der Waals surface area contributed by atoms with Crippen LogP contribution in [0.5, 0.6) is 0 Å². The minimum absolute atomic E-state index is 0.770. The summed E-state index contributed by atoms with van der Waals surface area (Å²) in [5, 5.41) is 0. The molecule has 54 valence electrons. The van der Waals surface area contributed by atoms with Crippen LogP contribution in [0.25, 0.3) is 0 Å². The third-order valence-corrected chi connectivity index (χ3v) is 0.758. The Morgan fingerprint density at radius 3 is 2.80 bits per heavy atom. The SMILES string of the molecule is CC.CC1=NC=C=CC=N1. The van der Waals surface area contributed by atoms with Crippen molar-refractivity contribution in [3.8, 4) is 0 Å². The number of hydrogen-bond acceptors (Lipinski definition) is 2. The van der Waals surface area contributed by atoms with E-state index in [1.807, 2.05) is 20.8 Å². The van der Waals surface area contributed by atoms with E-state index in [1.54, 1.807) is 18.5 Å². The molecule has 1 aliphatic heterocycles. The van der Waals surface area contributed by atoms with E-state index in [0.29, 0.717) is 0 Å².